The zero-order valence-corrected chi connectivity index (χ0v) is 6.17. The predicted molar refractivity (Wildman–Crippen MR) is 38.0 cm³/mol. The molecular weight excluding hydrogens is 146 g/mol. The van der Waals surface area contributed by atoms with Crippen LogP contribution in [0.5, 0.6) is 0 Å². The Labute approximate surface area is 64.6 Å². The van der Waals surface area contributed by atoms with Crippen LogP contribution in [0.2, 0.25) is 0 Å². The Morgan fingerprint density at radius 2 is 2.09 bits per heavy atom. The highest BCUT2D eigenvalue weighted by atomic mass is 16.4. The van der Waals surface area contributed by atoms with E-state index >= 15 is 0 Å². The third kappa shape index (κ3) is 3.02. The molecule has 4 nitrogen and oxygen atoms in total. The van der Waals surface area contributed by atoms with E-state index in [2.05, 4.69) is 5.32 Å². The van der Waals surface area contributed by atoms with Gasteiger partial charge in [-0.3, -0.25) is 9.59 Å². The lowest BCUT2D eigenvalue weighted by atomic mass is 10.3. The first kappa shape index (κ1) is 8.04. The minimum Gasteiger partial charge on any atom is -0.481 e. The molecule has 1 aliphatic carbocycles. The molecule has 0 heterocycles. The van der Waals surface area contributed by atoms with Crippen LogP contribution in [0.1, 0.15) is 19.3 Å². The van der Waals surface area contributed by atoms with Gasteiger partial charge in [-0.1, -0.05) is 0 Å². The monoisotopic (exact) mass is 157 g/mol. The summed E-state index contributed by atoms with van der Waals surface area (Å²) in [6.07, 6.45) is 1.93. The number of carbonyl (C=O) groups excluding carboxylic acids is 1. The summed E-state index contributed by atoms with van der Waals surface area (Å²) >= 11 is 0. The van der Waals surface area contributed by atoms with E-state index in [1.807, 2.05) is 0 Å². The van der Waals surface area contributed by atoms with Crippen molar-refractivity contribution in [2.24, 2.45) is 5.92 Å². The number of hydrogen-bond acceptors (Lipinski definition) is 2. The Morgan fingerprint density at radius 1 is 1.45 bits per heavy atom. The number of carboxylic acid groups (broad SMARTS) is 1. The smallest absolute Gasteiger partial charge is 0.305 e. The molecule has 62 valence electrons. The van der Waals surface area contributed by atoms with Crippen LogP contribution in [0.15, 0.2) is 0 Å². The standard InChI is InChI=1S/C7H11NO3/c9-6(10)3-4-8-7(11)5-1-2-5/h5H,1-4H2,(H,8,11)(H,9,10). The van der Waals surface area contributed by atoms with Gasteiger partial charge in [0, 0.05) is 12.5 Å². The van der Waals surface area contributed by atoms with Gasteiger partial charge in [0.05, 0.1) is 6.42 Å². The number of rotatable bonds is 4. The zero-order valence-electron chi connectivity index (χ0n) is 6.17. The van der Waals surface area contributed by atoms with Crippen LogP contribution in [-0.4, -0.2) is 23.5 Å². The number of hydrogen-bond donors (Lipinski definition) is 2. The average molecular weight is 157 g/mol. The van der Waals surface area contributed by atoms with Crippen LogP contribution in [0, 0.1) is 5.92 Å². The second-order valence-corrected chi connectivity index (χ2v) is 2.71. The SMILES string of the molecule is O=C(O)CCNC(=O)C1CC1. The van der Waals surface area contributed by atoms with E-state index in [-0.39, 0.29) is 24.8 Å². The number of carbonyl (C=O) groups is 2. The number of nitrogens with one attached hydrogen (secondary N) is 1. The molecule has 0 unspecified atom stereocenters. The molecule has 0 saturated heterocycles. The van der Waals surface area contributed by atoms with Gasteiger partial charge in [0.15, 0.2) is 0 Å². The van der Waals surface area contributed by atoms with Gasteiger partial charge in [-0.15, -0.1) is 0 Å². The first-order valence-electron chi connectivity index (χ1n) is 3.69. The molecule has 0 atom stereocenters. The molecule has 1 amide bonds. The molecule has 11 heavy (non-hydrogen) atoms. The van der Waals surface area contributed by atoms with Crippen molar-refractivity contribution in [2.75, 3.05) is 6.54 Å². The van der Waals surface area contributed by atoms with Gasteiger partial charge in [-0.05, 0) is 12.8 Å². The number of carboxylic acids is 1. The Kier molecular flexibility index (Phi) is 2.46. The van der Waals surface area contributed by atoms with E-state index < -0.39 is 5.97 Å². The third-order valence-corrected chi connectivity index (χ3v) is 1.59. The molecule has 1 aliphatic rings. The highest BCUT2D eigenvalue weighted by Crippen LogP contribution is 2.28. The topological polar surface area (TPSA) is 66.4 Å². The third-order valence-electron chi connectivity index (χ3n) is 1.59. The van der Waals surface area contributed by atoms with Crippen molar-refractivity contribution in [3.05, 3.63) is 0 Å². The summed E-state index contributed by atoms with van der Waals surface area (Å²) in [7, 11) is 0. The second kappa shape index (κ2) is 3.37. The first-order chi connectivity index (χ1) is 5.20. The van der Waals surface area contributed by atoms with Gasteiger partial charge >= 0.3 is 5.97 Å². The highest BCUT2D eigenvalue weighted by molar-refractivity contribution is 5.81. The quantitative estimate of drug-likeness (QED) is 0.603. The Hall–Kier alpha value is -1.06. The van der Waals surface area contributed by atoms with Crippen molar-refractivity contribution in [1.82, 2.24) is 5.32 Å². The van der Waals surface area contributed by atoms with E-state index in [9.17, 15) is 9.59 Å². The van der Waals surface area contributed by atoms with Gasteiger partial charge in [0.1, 0.15) is 0 Å². The van der Waals surface area contributed by atoms with E-state index in [0.29, 0.717) is 0 Å². The fourth-order valence-electron chi connectivity index (χ4n) is 0.782. The normalized spacial score (nSPS) is 16.0. The molecule has 2 N–H and O–H groups in total. The van der Waals surface area contributed by atoms with Crippen molar-refractivity contribution in [3.63, 3.8) is 0 Å². The molecule has 0 aromatic heterocycles. The van der Waals surface area contributed by atoms with Crippen molar-refractivity contribution in [3.8, 4) is 0 Å². The summed E-state index contributed by atoms with van der Waals surface area (Å²) in [5, 5.41) is 10.8. The van der Waals surface area contributed by atoms with Gasteiger partial charge < -0.3 is 10.4 Å². The maximum atomic E-state index is 10.9. The molecule has 0 aromatic rings. The van der Waals surface area contributed by atoms with E-state index in [1.165, 1.54) is 0 Å². The molecule has 0 spiro atoms. The number of amides is 1. The summed E-state index contributed by atoms with van der Waals surface area (Å²) in [5.41, 5.74) is 0. The Morgan fingerprint density at radius 3 is 2.55 bits per heavy atom. The molecule has 0 bridgehead atoms. The zero-order chi connectivity index (χ0) is 8.27. The summed E-state index contributed by atoms with van der Waals surface area (Å²) in [6.45, 7) is 0.255. The Balaban J connectivity index is 2.02. The molecule has 1 saturated carbocycles. The van der Waals surface area contributed by atoms with Gasteiger partial charge in [0.25, 0.3) is 0 Å². The minimum absolute atomic E-state index is 0.00579. The van der Waals surface area contributed by atoms with E-state index in [4.69, 9.17) is 5.11 Å². The first-order valence-corrected chi connectivity index (χ1v) is 3.69. The Bertz CT molecular complexity index is 175. The van der Waals surface area contributed by atoms with Crippen molar-refractivity contribution in [1.29, 1.82) is 0 Å². The van der Waals surface area contributed by atoms with Crippen LogP contribution in [0.4, 0.5) is 0 Å². The van der Waals surface area contributed by atoms with Crippen molar-refractivity contribution >= 4 is 11.9 Å². The van der Waals surface area contributed by atoms with Gasteiger partial charge in [0.2, 0.25) is 5.91 Å². The molecule has 1 rings (SSSR count). The summed E-state index contributed by atoms with van der Waals surface area (Å²) < 4.78 is 0. The van der Waals surface area contributed by atoms with Crippen LogP contribution in [-0.2, 0) is 9.59 Å². The molecule has 0 aromatic carbocycles. The second-order valence-electron chi connectivity index (χ2n) is 2.71. The fourth-order valence-corrected chi connectivity index (χ4v) is 0.782. The van der Waals surface area contributed by atoms with Gasteiger partial charge in [-0.25, -0.2) is 0 Å². The lowest BCUT2D eigenvalue weighted by Crippen LogP contribution is -2.27. The molecule has 0 radical (unpaired) electrons. The van der Waals surface area contributed by atoms with Crippen molar-refractivity contribution in [2.45, 2.75) is 19.3 Å². The molecule has 4 heteroatoms. The van der Waals surface area contributed by atoms with E-state index in [0.717, 1.165) is 12.8 Å². The van der Waals surface area contributed by atoms with Crippen LogP contribution >= 0.6 is 0 Å². The average Bonchev–Trinajstić information content (AvgIpc) is 2.66. The van der Waals surface area contributed by atoms with E-state index in [1.54, 1.807) is 0 Å². The van der Waals surface area contributed by atoms with Gasteiger partial charge in [-0.2, -0.15) is 0 Å². The van der Waals surface area contributed by atoms with Crippen LogP contribution in [0.3, 0.4) is 0 Å². The van der Waals surface area contributed by atoms with Crippen LogP contribution in [0.25, 0.3) is 0 Å². The largest absolute Gasteiger partial charge is 0.481 e. The fraction of sp³-hybridized carbons (Fsp3) is 0.714. The van der Waals surface area contributed by atoms with Crippen molar-refractivity contribution < 1.29 is 14.7 Å². The lowest BCUT2D eigenvalue weighted by molar-refractivity contribution is -0.136. The summed E-state index contributed by atoms with van der Waals surface area (Å²) in [6, 6.07) is 0. The molecule has 1 fully saturated rings. The molecular formula is C7H11NO3. The number of aliphatic carboxylic acids is 1. The summed E-state index contributed by atoms with van der Waals surface area (Å²) in [4.78, 5) is 20.9. The maximum absolute atomic E-state index is 10.9. The predicted octanol–water partition coefficient (Wildman–Crippen LogP) is -0.0127. The lowest BCUT2D eigenvalue weighted by Gasteiger charge is -1.99. The maximum Gasteiger partial charge on any atom is 0.305 e. The summed E-state index contributed by atoms with van der Waals surface area (Å²) in [5.74, 6) is -0.698. The van der Waals surface area contributed by atoms with Crippen LogP contribution < -0.4 is 5.32 Å². The molecule has 0 aliphatic heterocycles. The highest BCUT2D eigenvalue weighted by Gasteiger charge is 2.29. The minimum atomic E-state index is -0.874.